The number of benzene rings is 6. The fourth-order valence-electron chi connectivity index (χ4n) is 5.53. The molecule has 0 aliphatic rings. The maximum Gasteiger partial charge on any atom is 0.296 e. The standard InChI is InChI=1S/C36H31N5O13S3/c1-53-33-20-29(39-41-35-34(57(50,51)52)16-22-14-24(10-11-27(22)36(35)43)37-23-6-3-2-4-7-23)31(42)19-30(33)40-38-25-9-8-21-15-26(56(47,48)49)18-32(28(21)17-25)54-12-5-13-55(44,45)46/h2-4,6-11,14-20,37,42-43H,5,12-13H2,1H3,(H,44,45,46)(H,47,48,49)(H,50,51,52). The van der Waals surface area contributed by atoms with Gasteiger partial charge in [0.25, 0.3) is 30.4 Å². The Morgan fingerprint density at radius 2 is 1.39 bits per heavy atom. The zero-order chi connectivity index (χ0) is 41.1. The molecule has 0 heterocycles. The molecule has 6 N–H and O–H groups in total. The van der Waals surface area contributed by atoms with E-state index < -0.39 is 63.1 Å². The topological polar surface area (TPSA) is 284 Å². The first kappa shape index (κ1) is 40.4. The third-order valence-corrected chi connectivity index (χ3v) is 10.7. The molecule has 6 rings (SSSR count). The predicted octanol–water partition coefficient (Wildman–Crippen LogP) is 8.14. The summed E-state index contributed by atoms with van der Waals surface area (Å²) in [6.45, 7) is -0.235. The van der Waals surface area contributed by atoms with Crippen molar-refractivity contribution in [3.8, 4) is 23.0 Å². The van der Waals surface area contributed by atoms with Gasteiger partial charge >= 0.3 is 0 Å². The lowest BCUT2D eigenvalue weighted by molar-refractivity contribution is 0.319. The molecule has 0 unspecified atom stereocenters. The van der Waals surface area contributed by atoms with Gasteiger partial charge in [0.05, 0.1) is 30.1 Å². The Bertz CT molecular complexity index is 2930. The highest BCUT2D eigenvalue weighted by atomic mass is 32.2. The molecule has 0 aliphatic carbocycles. The number of rotatable bonds is 14. The first-order valence-corrected chi connectivity index (χ1v) is 20.9. The van der Waals surface area contributed by atoms with Crippen LogP contribution in [-0.2, 0) is 30.4 Å². The average Bonchev–Trinajstić information content (AvgIpc) is 3.14. The number of methoxy groups -OCH3 is 1. The van der Waals surface area contributed by atoms with E-state index in [0.717, 1.165) is 23.9 Å². The molecule has 0 spiro atoms. The molecule has 57 heavy (non-hydrogen) atoms. The molecule has 18 nitrogen and oxygen atoms in total. The van der Waals surface area contributed by atoms with Crippen molar-refractivity contribution < 1.29 is 58.6 Å². The molecule has 0 fully saturated rings. The van der Waals surface area contributed by atoms with Gasteiger partial charge in [-0.2, -0.15) is 30.4 Å². The summed E-state index contributed by atoms with van der Waals surface area (Å²) >= 11 is 0. The maximum absolute atomic E-state index is 12.4. The fraction of sp³-hybridized carbons (Fsp3) is 0.111. The van der Waals surface area contributed by atoms with E-state index in [2.05, 4.69) is 25.8 Å². The summed E-state index contributed by atoms with van der Waals surface area (Å²) in [5.41, 5.74) is 0.667. The molecule has 0 aliphatic heterocycles. The van der Waals surface area contributed by atoms with Crippen LogP contribution >= 0.6 is 0 Å². The monoisotopic (exact) mass is 837 g/mol. The summed E-state index contributed by atoms with van der Waals surface area (Å²) in [6, 6.07) is 23.9. The molecule has 0 atom stereocenters. The SMILES string of the molecule is COc1cc(N=Nc2c(S(=O)(=O)O)cc3cc(Nc4ccccc4)ccc3c2O)c(O)cc1N=Nc1ccc2cc(S(=O)(=O)O)cc(OCCCS(=O)(=O)O)c2c1. The van der Waals surface area contributed by atoms with E-state index in [1.54, 1.807) is 12.1 Å². The van der Waals surface area contributed by atoms with Gasteiger partial charge in [0.1, 0.15) is 39.2 Å². The number of para-hydroxylation sites is 1. The van der Waals surface area contributed by atoms with Crippen molar-refractivity contribution in [3.05, 3.63) is 97.1 Å². The molecule has 6 aromatic rings. The lowest BCUT2D eigenvalue weighted by Crippen LogP contribution is -2.09. The van der Waals surface area contributed by atoms with Gasteiger partial charge in [-0.25, -0.2) is 0 Å². The maximum atomic E-state index is 12.4. The number of hydrogen-bond donors (Lipinski definition) is 6. The largest absolute Gasteiger partial charge is 0.506 e. The minimum absolute atomic E-state index is 0.00968. The van der Waals surface area contributed by atoms with Gasteiger partial charge in [0, 0.05) is 40.3 Å². The molecule has 0 aromatic heterocycles. The average molecular weight is 838 g/mol. The van der Waals surface area contributed by atoms with Crippen molar-refractivity contribution in [2.45, 2.75) is 16.2 Å². The quantitative estimate of drug-likeness (QED) is 0.0343. The van der Waals surface area contributed by atoms with Gasteiger partial charge in [0.15, 0.2) is 5.75 Å². The highest BCUT2D eigenvalue weighted by Gasteiger charge is 2.23. The lowest BCUT2D eigenvalue weighted by Gasteiger charge is -2.12. The molecule has 6 aromatic carbocycles. The first-order chi connectivity index (χ1) is 26.9. The molecule has 21 heteroatoms. The number of ether oxygens (including phenoxy) is 2. The van der Waals surface area contributed by atoms with E-state index in [1.807, 2.05) is 30.3 Å². The van der Waals surface area contributed by atoms with Crippen molar-refractivity contribution >= 4 is 86.0 Å². The van der Waals surface area contributed by atoms with Gasteiger partial charge in [-0.05, 0) is 71.8 Å². The Labute approximate surface area is 325 Å². The molecule has 296 valence electrons. The van der Waals surface area contributed by atoms with Crippen LogP contribution in [0.3, 0.4) is 0 Å². The third kappa shape index (κ3) is 9.78. The Kier molecular flexibility index (Phi) is 11.4. The second kappa shape index (κ2) is 16.1. The lowest BCUT2D eigenvalue weighted by atomic mass is 10.1. The van der Waals surface area contributed by atoms with Crippen molar-refractivity contribution in [2.75, 3.05) is 24.8 Å². The van der Waals surface area contributed by atoms with Gasteiger partial charge in [0.2, 0.25) is 0 Å². The molecule has 0 bridgehead atoms. The molecule has 0 saturated heterocycles. The third-order valence-electron chi connectivity index (χ3n) is 8.17. The van der Waals surface area contributed by atoms with E-state index in [9.17, 15) is 44.6 Å². The smallest absolute Gasteiger partial charge is 0.296 e. The summed E-state index contributed by atoms with van der Waals surface area (Å²) in [6.07, 6.45) is -0.131. The second-order valence-corrected chi connectivity index (χ2v) is 16.6. The highest BCUT2D eigenvalue weighted by molar-refractivity contribution is 7.86. The van der Waals surface area contributed by atoms with Gasteiger partial charge in [-0.3, -0.25) is 13.7 Å². The first-order valence-electron chi connectivity index (χ1n) is 16.4. The van der Waals surface area contributed by atoms with Crippen LogP contribution in [0.1, 0.15) is 6.42 Å². The van der Waals surface area contributed by atoms with Crippen LogP contribution in [0.25, 0.3) is 21.5 Å². The summed E-state index contributed by atoms with van der Waals surface area (Å²) in [5, 5.41) is 42.3. The summed E-state index contributed by atoms with van der Waals surface area (Å²) in [5.74, 6) is -1.76. The van der Waals surface area contributed by atoms with Gasteiger partial charge < -0.3 is 25.0 Å². The highest BCUT2D eigenvalue weighted by Crippen LogP contribution is 2.45. The second-order valence-electron chi connectivity index (χ2n) is 12.2. The van der Waals surface area contributed by atoms with E-state index in [-0.39, 0.29) is 52.4 Å². The number of fused-ring (bicyclic) bond motifs is 2. The number of azo groups is 2. The number of phenols is 2. The molecule has 0 amide bonds. The van der Waals surface area contributed by atoms with Crippen molar-refractivity contribution in [3.63, 3.8) is 0 Å². The molecule has 0 saturated carbocycles. The predicted molar refractivity (Wildman–Crippen MR) is 208 cm³/mol. The summed E-state index contributed by atoms with van der Waals surface area (Å²) in [7, 11) is -12.6. The van der Waals surface area contributed by atoms with E-state index >= 15 is 0 Å². The Balaban J connectivity index is 1.30. The van der Waals surface area contributed by atoms with Crippen LogP contribution in [-0.4, -0.2) is 68.6 Å². The number of anilines is 2. The Hall–Kier alpha value is -6.23. The molecular formula is C36H31N5O13S3. The van der Waals surface area contributed by atoms with Crippen LogP contribution in [0.2, 0.25) is 0 Å². The minimum atomic E-state index is -4.95. The summed E-state index contributed by atoms with van der Waals surface area (Å²) < 4.78 is 110. The normalized spacial score (nSPS) is 12.5. The molecular weight excluding hydrogens is 807 g/mol. The molecule has 0 radical (unpaired) electrons. The zero-order valence-electron chi connectivity index (χ0n) is 29.4. The van der Waals surface area contributed by atoms with Crippen molar-refractivity contribution in [2.24, 2.45) is 20.5 Å². The van der Waals surface area contributed by atoms with E-state index in [1.165, 1.54) is 43.5 Å². The van der Waals surface area contributed by atoms with E-state index in [0.29, 0.717) is 16.5 Å². The van der Waals surface area contributed by atoms with Crippen LogP contribution < -0.4 is 14.8 Å². The van der Waals surface area contributed by atoms with Crippen LogP contribution in [0.4, 0.5) is 34.1 Å². The van der Waals surface area contributed by atoms with Crippen LogP contribution in [0.5, 0.6) is 23.0 Å². The number of phenolic OH excluding ortho intramolecular Hbond substituents is 2. The van der Waals surface area contributed by atoms with Crippen LogP contribution in [0, 0.1) is 0 Å². The van der Waals surface area contributed by atoms with Crippen molar-refractivity contribution in [1.29, 1.82) is 0 Å². The zero-order valence-corrected chi connectivity index (χ0v) is 31.8. The summed E-state index contributed by atoms with van der Waals surface area (Å²) in [4.78, 5) is -1.23. The number of hydrogen-bond acceptors (Lipinski definition) is 15. The Morgan fingerprint density at radius 3 is 2.07 bits per heavy atom. The number of nitrogens with one attached hydrogen (secondary N) is 1. The van der Waals surface area contributed by atoms with Gasteiger partial charge in [-0.15, -0.1) is 15.3 Å². The van der Waals surface area contributed by atoms with E-state index in [4.69, 9.17) is 14.0 Å². The van der Waals surface area contributed by atoms with Crippen molar-refractivity contribution in [1.82, 2.24) is 0 Å². The minimum Gasteiger partial charge on any atom is -0.506 e. The number of aromatic hydroxyl groups is 2. The fourth-order valence-corrected chi connectivity index (χ4v) is 7.21. The van der Waals surface area contributed by atoms with Crippen LogP contribution in [0.15, 0.2) is 127 Å². The van der Waals surface area contributed by atoms with Gasteiger partial charge in [-0.1, -0.05) is 24.3 Å². The Morgan fingerprint density at radius 1 is 0.649 bits per heavy atom. The number of nitrogens with zero attached hydrogens (tertiary/aromatic N) is 4.